The second-order valence-electron chi connectivity index (χ2n) is 6.39. The first-order valence-corrected chi connectivity index (χ1v) is 7.81. The molecule has 23 heavy (non-hydrogen) atoms. The van der Waals surface area contributed by atoms with Crippen LogP contribution in [0.15, 0.2) is 35.5 Å². The summed E-state index contributed by atoms with van der Waals surface area (Å²) in [5, 5.41) is 5.44. The van der Waals surface area contributed by atoms with Crippen LogP contribution in [0.4, 0.5) is 9.18 Å². The molecule has 0 radical (unpaired) electrons. The molecule has 0 saturated carbocycles. The highest BCUT2D eigenvalue weighted by Crippen LogP contribution is 2.32. The summed E-state index contributed by atoms with van der Waals surface area (Å²) in [6.07, 6.45) is 0.901. The lowest BCUT2D eigenvalue weighted by Gasteiger charge is -2.25. The molecule has 0 bridgehead atoms. The molecule has 2 aliphatic rings. The van der Waals surface area contributed by atoms with Crippen LogP contribution in [-0.4, -0.2) is 29.9 Å². The summed E-state index contributed by atoms with van der Waals surface area (Å²) in [6, 6.07) is 5.02. The number of hydrogen-bond acceptors (Lipinski definition) is 2. The molecule has 0 saturated heterocycles. The van der Waals surface area contributed by atoms with Crippen molar-refractivity contribution in [2.24, 2.45) is 5.92 Å². The standard InChI is InChI=1S/C17H20FN3O2/c1-10(2)6-7-21-9-13-14(16(21)22)15(20-17(23)19-13)11-4-3-5-12(18)8-11/h3-5,8,10,15H,6-7,9H2,1-2H3,(H2,19,20,23)/t15-/m1/s1. The van der Waals surface area contributed by atoms with E-state index in [1.165, 1.54) is 12.1 Å². The third-order valence-corrected chi connectivity index (χ3v) is 4.18. The van der Waals surface area contributed by atoms with Gasteiger partial charge in [-0.15, -0.1) is 0 Å². The molecule has 2 N–H and O–H groups in total. The first kappa shape index (κ1) is 15.5. The minimum atomic E-state index is -0.606. The van der Waals surface area contributed by atoms with Crippen LogP contribution in [0, 0.1) is 11.7 Å². The number of urea groups is 1. The molecule has 1 atom stereocenters. The average molecular weight is 317 g/mol. The maximum atomic E-state index is 13.5. The Bertz CT molecular complexity index is 684. The molecule has 6 heteroatoms. The van der Waals surface area contributed by atoms with E-state index < -0.39 is 6.04 Å². The van der Waals surface area contributed by atoms with Crippen LogP contribution in [0.1, 0.15) is 31.9 Å². The van der Waals surface area contributed by atoms with E-state index in [9.17, 15) is 14.0 Å². The lowest BCUT2D eigenvalue weighted by molar-refractivity contribution is -0.125. The molecule has 0 fully saturated rings. The average Bonchev–Trinajstić information content (AvgIpc) is 2.80. The number of halogens is 1. The number of carbonyl (C=O) groups is 2. The second kappa shape index (κ2) is 6.02. The molecular formula is C17H20FN3O2. The van der Waals surface area contributed by atoms with E-state index in [0.717, 1.165) is 6.42 Å². The lowest BCUT2D eigenvalue weighted by Crippen LogP contribution is -2.44. The van der Waals surface area contributed by atoms with Crippen molar-refractivity contribution in [3.8, 4) is 0 Å². The summed E-state index contributed by atoms with van der Waals surface area (Å²) in [6.45, 7) is 5.26. The van der Waals surface area contributed by atoms with E-state index in [0.29, 0.717) is 35.8 Å². The number of benzene rings is 1. The van der Waals surface area contributed by atoms with Gasteiger partial charge in [0.15, 0.2) is 0 Å². The number of rotatable bonds is 4. The fourth-order valence-corrected chi connectivity index (χ4v) is 2.96. The van der Waals surface area contributed by atoms with Crippen LogP contribution < -0.4 is 10.6 Å². The molecule has 0 unspecified atom stereocenters. The fourth-order valence-electron chi connectivity index (χ4n) is 2.96. The summed E-state index contributed by atoms with van der Waals surface area (Å²) < 4.78 is 13.5. The van der Waals surface area contributed by atoms with Crippen molar-refractivity contribution in [1.82, 2.24) is 15.5 Å². The monoisotopic (exact) mass is 317 g/mol. The number of hydrogen-bond donors (Lipinski definition) is 2. The highest BCUT2D eigenvalue weighted by molar-refractivity contribution is 6.01. The summed E-state index contributed by atoms with van der Waals surface area (Å²) in [5.74, 6) is 0.00844. The predicted octanol–water partition coefficient (Wildman–Crippen LogP) is 2.32. The fraction of sp³-hybridized carbons (Fsp3) is 0.412. The van der Waals surface area contributed by atoms with Gasteiger partial charge in [-0.2, -0.15) is 0 Å². The van der Waals surface area contributed by atoms with Crippen molar-refractivity contribution in [2.45, 2.75) is 26.3 Å². The van der Waals surface area contributed by atoms with Gasteiger partial charge < -0.3 is 15.5 Å². The van der Waals surface area contributed by atoms with E-state index >= 15 is 0 Å². The van der Waals surface area contributed by atoms with E-state index in [1.54, 1.807) is 17.0 Å². The normalized spacial score (nSPS) is 20.7. The second-order valence-corrected chi connectivity index (χ2v) is 6.39. The summed E-state index contributed by atoms with van der Waals surface area (Å²) >= 11 is 0. The molecule has 1 aromatic rings. The molecule has 5 nitrogen and oxygen atoms in total. The van der Waals surface area contributed by atoms with Gasteiger partial charge in [-0.3, -0.25) is 4.79 Å². The molecule has 2 heterocycles. The van der Waals surface area contributed by atoms with Crippen molar-refractivity contribution in [2.75, 3.05) is 13.1 Å². The van der Waals surface area contributed by atoms with Gasteiger partial charge in [-0.1, -0.05) is 26.0 Å². The Labute approximate surface area is 134 Å². The van der Waals surface area contributed by atoms with E-state index in [4.69, 9.17) is 0 Å². The topological polar surface area (TPSA) is 61.4 Å². The molecule has 122 valence electrons. The van der Waals surface area contributed by atoms with Crippen LogP contribution in [0.3, 0.4) is 0 Å². The van der Waals surface area contributed by atoms with E-state index in [2.05, 4.69) is 24.5 Å². The lowest BCUT2D eigenvalue weighted by atomic mass is 9.96. The number of carbonyl (C=O) groups excluding carboxylic acids is 2. The molecule has 3 amide bonds. The molecule has 0 aromatic heterocycles. The maximum absolute atomic E-state index is 13.5. The van der Waals surface area contributed by atoms with Crippen LogP contribution in [0.5, 0.6) is 0 Å². The van der Waals surface area contributed by atoms with Crippen LogP contribution >= 0.6 is 0 Å². The Hall–Kier alpha value is -2.37. The zero-order chi connectivity index (χ0) is 16.6. The van der Waals surface area contributed by atoms with E-state index in [-0.39, 0.29) is 17.8 Å². The smallest absolute Gasteiger partial charge is 0.319 e. The molecule has 0 aliphatic carbocycles. The van der Waals surface area contributed by atoms with Crippen molar-refractivity contribution in [3.05, 3.63) is 46.9 Å². The molecule has 0 spiro atoms. The third kappa shape index (κ3) is 3.06. The summed E-state index contributed by atoms with van der Waals surface area (Å²) in [5.41, 5.74) is 1.71. The van der Waals surface area contributed by atoms with Crippen LogP contribution in [-0.2, 0) is 4.79 Å². The van der Waals surface area contributed by atoms with Gasteiger partial charge in [0, 0.05) is 6.54 Å². The zero-order valence-electron chi connectivity index (χ0n) is 13.2. The van der Waals surface area contributed by atoms with Crippen molar-refractivity contribution in [1.29, 1.82) is 0 Å². The summed E-state index contributed by atoms with van der Waals surface area (Å²) in [4.78, 5) is 26.3. The Morgan fingerprint density at radius 1 is 1.35 bits per heavy atom. The van der Waals surface area contributed by atoms with Gasteiger partial charge in [-0.05, 0) is 30.0 Å². The first-order valence-electron chi connectivity index (χ1n) is 7.81. The number of amides is 3. The molecule has 1 aromatic carbocycles. The molecule has 3 rings (SSSR count). The number of nitrogens with one attached hydrogen (secondary N) is 2. The highest BCUT2D eigenvalue weighted by Gasteiger charge is 2.40. The van der Waals surface area contributed by atoms with Crippen molar-refractivity contribution >= 4 is 11.9 Å². The Morgan fingerprint density at radius 3 is 2.83 bits per heavy atom. The number of nitrogens with zero attached hydrogens (tertiary/aromatic N) is 1. The van der Waals surface area contributed by atoms with Gasteiger partial charge in [0.25, 0.3) is 5.91 Å². The Morgan fingerprint density at radius 2 is 2.13 bits per heavy atom. The van der Waals surface area contributed by atoms with Crippen molar-refractivity contribution < 1.29 is 14.0 Å². The van der Waals surface area contributed by atoms with Gasteiger partial charge in [0.05, 0.1) is 23.9 Å². The SMILES string of the molecule is CC(C)CCN1CC2=C(C1=O)[C@@H](c1cccc(F)c1)NC(=O)N2. The van der Waals surface area contributed by atoms with Crippen molar-refractivity contribution in [3.63, 3.8) is 0 Å². The van der Waals surface area contributed by atoms with Gasteiger partial charge in [0.2, 0.25) is 0 Å². The molecular weight excluding hydrogens is 297 g/mol. The van der Waals surface area contributed by atoms with E-state index in [1.807, 2.05) is 0 Å². The van der Waals surface area contributed by atoms with Gasteiger partial charge in [0.1, 0.15) is 5.82 Å². The minimum absolute atomic E-state index is 0.0950. The summed E-state index contributed by atoms with van der Waals surface area (Å²) in [7, 11) is 0. The third-order valence-electron chi connectivity index (χ3n) is 4.18. The first-order chi connectivity index (χ1) is 11.0. The van der Waals surface area contributed by atoms with Gasteiger partial charge in [-0.25, -0.2) is 9.18 Å². The highest BCUT2D eigenvalue weighted by atomic mass is 19.1. The maximum Gasteiger partial charge on any atom is 0.319 e. The Kier molecular flexibility index (Phi) is 4.07. The molecule has 2 aliphatic heterocycles. The van der Waals surface area contributed by atoms with Crippen LogP contribution in [0.25, 0.3) is 0 Å². The zero-order valence-corrected chi connectivity index (χ0v) is 13.2. The quantitative estimate of drug-likeness (QED) is 0.895. The Balaban J connectivity index is 1.88. The van der Waals surface area contributed by atoms with Gasteiger partial charge >= 0.3 is 6.03 Å². The van der Waals surface area contributed by atoms with Crippen LogP contribution in [0.2, 0.25) is 0 Å². The minimum Gasteiger partial charge on any atom is -0.333 e. The predicted molar refractivity (Wildman–Crippen MR) is 83.9 cm³/mol. The largest absolute Gasteiger partial charge is 0.333 e.